The molecule has 0 bridgehead atoms. The van der Waals surface area contributed by atoms with Crippen molar-refractivity contribution in [3.05, 3.63) is 29.3 Å². The lowest BCUT2D eigenvalue weighted by molar-refractivity contribution is -0.127. The number of rotatable bonds is 4. The minimum Gasteiger partial charge on any atom is -0.450 e. The summed E-state index contributed by atoms with van der Waals surface area (Å²) in [4.78, 5) is 40.3. The van der Waals surface area contributed by atoms with Gasteiger partial charge in [-0.2, -0.15) is 0 Å². The molecule has 7 nitrogen and oxygen atoms in total. The Morgan fingerprint density at radius 3 is 2.39 bits per heavy atom. The quantitative estimate of drug-likeness (QED) is 0.860. The number of benzene rings is 1. The summed E-state index contributed by atoms with van der Waals surface area (Å²) in [5.74, 6) is -0.423. The summed E-state index contributed by atoms with van der Waals surface area (Å²) < 4.78 is 5.02. The van der Waals surface area contributed by atoms with Gasteiger partial charge in [-0.3, -0.25) is 9.59 Å². The molecule has 2 aliphatic rings. The number of piperidine rings is 1. The average Bonchev–Trinajstić information content (AvgIpc) is 3.04. The van der Waals surface area contributed by atoms with E-state index in [1.165, 1.54) is 0 Å². The molecular weight excluding hydrogens is 358 g/mol. The van der Waals surface area contributed by atoms with Gasteiger partial charge in [-0.25, -0.2) is 4.79 Å². The molecule has 0 saturated carbocycles. The first-order valence-corrected chi connectivity index (χ1v) is 9.98. The molecule has 0 aromatic heterocycles. The van der Waals surface area contributed by atoms with Gasteiger partial charge < -0.3 is 19.9 Å². The summed E-state index contributed by atoms with van der Waals surface area (Å²) in [7, 11) is 0. The van der Waals surface area contributed by atoms with Gasteiger partial charge >= 0.3 is 6.09 Å². The molecule has 0 aliphatic carbocycles. The lowest BCUT2D eigenvalue weighted by Crippen LogP contribution is -2.48. The van der Waals surface area contributed by atoms with Crippen LogP contribution >= 0.6 is 0 Å². The molecule has 28 heavy (non-hydrogen) atoms. The van der Waals surface area contributed by atoms with Crippen LogP contribution in [-0.2, 0) is 14.3 Å². The Bertz CT molecular complexity index is 736. The minimum absolute atomic E-state index is 0.0118. The highest BCUT2D eigenvalue weighted by molar-refractivity contribution is 6.00. The van der Waals surface area contributed by atoms with Crippen LogP contribution in [0.1, 0.15) is 37.3 Å². The Balaban J connectivity index is 1.53. The van der Waals surface area contributed by atoms with E-state index in [9.17, 15) is 14.4 Å². The van der Waals surface area contributed by atoms with Crippen LogP contribution in [0, 0.1) is 19.8 Å². The molecule has 2 aliphatic heterocycles. The first-order valence-electron chi connectivity index (χ1n) is 9.98. The Morgan fingerprint density at radius 1 is 1.14 bits per heavy atom. The van der Waals surface area contributed by atoms with Crippen LogP contribution in [-0.4, -0.2) is 55.1 Å². The Labute approximate surface area is 166 Å². The zero-order chi connectivity index (χ0) is 20.3. The van der Waals surface area contributed by atoms with Crippen LogP contribution in [0.2, 0.25) is 0 Å². The van der Waals surface area contributed by atoms with Crippen molar-refractivity contribution in [2.24, 2.45) is 5.92 Å². The highest BCUT2D eigenvalue weighted by atomic mass is 16.6. The Kier molecular flexibility index (Phi) is 6.21. The predicted molar refractivity (Wildman–Crippen MR) is 106 cm³/mol. The maximum absolute atomic E-state index is 12.7. The van der Waals surface area contributed by atoms with E-state index in [4.69, 9.17) is 4.74 Å². The lowest BCUT2D eigenvalue weighted by atomic mass is 10.0. The molecule has 3 rings (SSSR count). The van der Waals surface area contributed by atoms with Gasteiger partial charge in [0, 0.05) is 37.8 Å². The van der Waals surface area contributed by atoms with Crippen molar-refractivity contribution in [1.82, 2.24) is 10.2 Å². The number of nitrogens with one attached hydrogen (secondary N) is 1. The SMILES string of the molecule is CCOC(=O)N1CCC(NC(=O)C2CC(=O)N(c3cc(C)cc(C)c3)C2)CC1. The highest BCUT2D eigenvalue weighted by Crippen LogP contribution is 2.27. The van der Waals surface area contributed by atoms with Crippen molar-refractivity contribution in [2.75, 3.05) is 31.1 Å². The van der Waals surface area contributed by atoms with Crippen molar-refractivity contribution < 1.29 is 19.1 Å². The normalized spacial score (nSPS) is 20.4. The summed E-state index contributed by atoms with van der Waals surface area (Å²) in [5, 5.41) is 3.07. The van der Waals surface area contributed by atoms with E-state index in [0.29, 0.717) is 39.1 Å². The number of nitrogens with zero attached hydrogens (tertiary/aromatic N) is 2. The number of aryl methyl sites for hydroxylation is 2. The maximum Gasteiger partial charge on any atom is 0.409 e. The zero-order valence-electron chi connectivity index (χ0n) is 16.9. The number of likely N-dealkylation sites (tertiary alicyclic amines) is 1. The number of anilines is 1. The third kappa shape index (κ3) is 4.64. The Hall–Kier alpha value is -2.57. The molecule has 7 heteroatoms. The van der Waals surface area contributed by atoms with Gasteiger partial charge in [-0.15, -0.1) is 0 Å². The van der Waals surface area contributed by atoms with E-state index in [1.807, 2.05) is 26.0 Å². The van der Waals surface area contributed by atoms with E-state index in [0.717, 1.165) is 16.8 Å². The van der Waals surface area contributed by atoms with E-state index < -0.39 is 0 Å². The van der Waals surface area contributed by atoms with E-state index in [1.54, 1.807) is 16.7 Å². The summed E-state index contributed by atoms with van der Waals surface area (Å²) >= 11 is 0. The molecule has 2 saturated heterocycles. The lowest BCUT2D eigenvalue weighted by Gasteiger charge is -2.32. The molecule has 3 amide bonds. The van der Waals surface area contributed by atoms with Crippen LogP contribution < -0.4 is 10.2 Å². The largest absolute Gasteiger partial charge is 0.450 e. The molecule has 152 valence electrons. The number of hydrogen-bond acceptors (Lipinski definition) is 4. The fourth-order valence-corrected chi connectivity index (χ4v) is 3.98. The third-order valence-corrected chi connectivity index (χ3v) is 5.38. The number of carbonyl (C=O) groups is 3. The van der Waals surface area contributed by atoms with Crippen LogP contribution in [0.25, 0.3) is 0 Å². The number of ether oxygens (including phenoxy) is 1. The van der Waals surface area contributed by atoms with Crippen molar-refractivity contribution in [3.63, 3.8) is 0 Å². The summed E-state index contributed by atoms with van der Waals surface area (Å²) in [6.07, 6.45) is 1.34. The van der Waals surface area contributed by atoms with Gasteiger partial charge in [0.25, 0.3) is 0 Å². The third-order valence-electron chi connectivity index (χ3n) is 5.38. The van der Waals surface area contributed by atoms with Crippen molar-refractivity contribution in [3.8, 4) is 0 Å². The van der Waals surface area contributed by atoms with E-state index >= 15 is 0 Å². The molecule has 1 aromatic carbocycles. The number of carbonyl (C=O) groups excluding carboxylic acids is 3. The molecule has 1 N–H and O–H groups in total. The molecule has 0 radical (unpaired) electrons. The average molecular weight is 387 g/mol. The number of hydrogen-bond donors (Lipinski definition) is 1. The zero-order valence-corrected chi connectivity index (χ0v) is 16.9. The van der Waals surface area contributed by atoms with Gasteiger partial charge in [-0.1, -0.05) is 6.07 Å². The summed E-state index contributed by atoms with van der Waals surface area (Å²) in [6, 6.07) is 6.06. The topological polar surface area (TPSA) is 79.0 Å². The smallest absolute Gasteiger partial charge is 0.409 e. The van der Waals surface area contributed by atoms with E-state index in [-0.39, 0.29) is 36.3 Å². The van der Waals surface area contributed by atoms with Crippen molar-refractivity contribution in [2.45, 2.75) is 46.1 Å². The van der Waals surface area contributed by atoms with Crippen LogP contribution in [0.5, 0.6) is 0 Å². The van der Waals surface area contributed by atoms with Crippen LogP contribution in [0.15, 0.2) is 18.2 Å². The van der Waals surface area contributed by atoms with Gasteiger partial charge in [0.15, 0.2) is 0 Å². The predicted octanol–water partition coefficient (Wildman–Crippen LogP) is 2.39. The van der Waals surface area contributed by atoms with Crippen molar-refractivity contribution in [1.29, 1.82) is 0 Å². The monoisotopic (exact) mass is 387 g/mol. The summed E-state index contributed by atoms with van der Waals surface area (Å²) in [6.45, 7) is 7.71. The Morgan fingerprint density at radius 2 is 1.79 bits per heavy atom. The highest BCUT2D eigenvalue weighted by Gasteiger charge is 2.36. The van der Waals surface area contributed by atoms with Crippen LogP contribution in [0.3, 0.4) is 0 Å². The van der Waals surface area contributed by atoms with Crippen molar-refractivity contribution >= 4 is 23.6 Å². The second-order valence-corrected chi connectivity index (χ2v) is 7.72. The molecule has 2 fully saturated rings. The standard InChI is InChI=1S/C21H29N3O4/c1-4-28-21(27)23-7-5-17(6-8-23)22-20(26)16-12-19(25)24(13-16)18-10-14(2)9-15(3)11-18/h9-11,16-17H,4-8,12-13H2,1-3H3,(H,22,26). The second kappa shape index (κ2) is 8.63. The van der Waals surface area contributed by atoms with Crippen LogP contribution in [0.4, 0.5) is 10.5 Å². The maximum atomic E-state index is 12.7. The molecule has 1 atom stereocenters. The first-order chi connectivity index (χ1) is 13.4. The molecule has 0 spiro atoms. The first kappa shape index (κ1) is 20.2. The molecular formula is C21H29N3O4. The van der Waals surface area contributed by atoms with E-state index in [2.05, 4.69) is 11.4 Å². The summed E-state index contributed by atoms with van der Waals surface area (Å²) in [5.41, 5.74) is 3.06. The van der Waals surface area contributed by atoms with Gasteiger partial charge in [0.2, 0.25) is 11.8 Å². The fraction of sp³-hybridized carbons (Fsp3) is 0.571. The van der Waals surface area contributed by atoms with Gasteiger partial charge in [0.05, 0.1) is 12.5 Å². The molecule has 1 aromatic rings. The molecule has 1 unspecified atom stereocenters. The number of amides is 3. The van der Waals surface area contributed by atoms with Gasteiger partial charge in [0.1, 0.15) is 0 Å². The fourth-order valence-electron chi connectivity index (χ4n) is 3.98. The van der Waals surface area contributed by atoms with Gasteiger partial charge in [-0.05, 0) is 56.9 Å². The minimum atomic E-state index is -0.337. The molecule has 2 heterocycles. The second-order valence-electron chi connectivity index (χ2n) is 7.72.